The molecule has 0 amide bonds. The summed E-state index contributed by atoms with van der Waals surface area (Å²) in [6, 6.07) is 4.96. The Balaban J connectivity index is 2.41. The molecule has 0 bridgehead atoms. The number of rotatable bonds is 3. The predicted octanol–water partition coefficient (Wildman–Crippen LogP) is 2.03. The lowest BCUT2D eigenvalue weighted by molar-refractivity contribution is 0.104. The number of hydrogen-bond donors (Lipinski definition) is 0. The molecule has 0 aliphatic carbocycles. The van der Waals surface area contributed by atoms with Crippen molar-refractivity contribution >= 4 is 23.4 Å². The molecule has 0 saturated heterocycles. The molecule has 0 saturated carbocycles. The van der Waals surface area contributed by atoms with Gasteiger partial charge in [-0.3, -0.25) is 9.59 Å². The molecular formula is C10H5O3S. The molecule has 0 N–H and O–H groups in total. The molecule has 3 nitrogen and oxygen atoms in total. The van der Waals surface area contributed by atoms with Crippen LogP contribution in [-0.4, -0.2) is 12.1 Å². The standard InChI is InChI=1S/C10H5O3S/c11-6-8-7(3-4-13-8)10(12)9-2-1-5-14-9/h1-5H. The first-order valence-electron chi connectivity index (χ1n) is 3.87. The van der Waals surface area contributed by atoms with Crippen LogP contribution in [0.15, 0.2) is 34.3 Å². The van der Waals surface area contributed by atoms with E-state index in [1.807, 2.05) is 0 Å². The summed E-state index contributed by atoms with van der Waals surface area (Å²) in [5.41, 5.74) is 0.266. The summed E-state index contributed by atoms with van der Waals surface area (Å²) >= 11 is 1.33. The zero-order chi connectivity index (χ0) is 9.97. The predicted molar refractivity (Wildman–Crippen MR) is 51.3 cm³/mol. The molecule has 0 spiro atoms. The van der Waals surface area contributed by atoms with Crippen molar-refractivity contribution in [1.29, 1.82) is 0 Å². The van der Waals surface area contributed by atoms with E-state index in [0.29, 0.717) is 4.88 Å². The molecule has 0 unspecified atom stereocenters. The average molecular weight is 205 g/mol. The van der Waals surface area contributed by atoms with Crippen LogP contribution < -0.4 is 0 Å². The zero-order valence-electron chi connectivity index (χ0n) is 7.02. The summed E-state index contributed by atoms with van der Waals surface area (Å²) in [4.78, 5) is 22.7. The fraction of sp³-hybridized carbons (Fsp3) is 0. The Labute approximate surface area is 84.0 Å². The Morgan fingerprint density at radius 2 is 2.29 bits per heavy atom. The van der Waals surface area contributed by atoms with Gasteiger partial charge in [-0.25, -0.2) is 0 Å². The van der Waals surface area contributed by atoms with E-state index in [0.717, 1.165) is 0 Å². The van der Waals surface area contributed by atoms with Crippen LogP contribution >= 0.6 is 11.3 Å². The second-order valence-corrected chi connectivity index (χ2v) is 3.52. The third-order valence-electron chi connectivity index (χ3n) is 1.75. The monoisotopic (exact) mass is 205 g/mol. The van der Waals surface area contributed by atoms with Crippen LogP contribution in [0, 0.1) is 0 Å². The van der Waals surface area contributed by atoms with Crippen molar-refractivity contribution in [1.82, 2.24) is 0 Å². The van der Waals surface area contributed by atoms with Gasteiger partial charge in [0.1, 0.15) is 0 Å². The van der Waals surface area contributed by atoms with Crippen molar-refractivity contribution in [2.45, 2.75) is 0 Å². The molecule has 69 valence electrons. The first-order chi connectivity index (χ1) is 6.83. The van der Waals surface area contributed by atoms with E-state index in [1.54, 1.807) is 23.8 Å². The molecule has 0 aromatic carbocycles. The number of thiophene rings is 1. The number of furan rings is 1. The summed E-state index contributed by atoms with van der Waals surface area (Å²) in [5.74, 6) is -0.240. The fourth-order valence-corrected chi connectivity index (χ4v) is 1.79. The van der Waals surface area contributed by atoms with Crippen LogP contribution in [0.4, 0.5) is 0 Å². The van der Waals surface area contributed by atoms with Crippen molar-refractivity contribution in [3.63, 3.8) is 0 Å². The number of hydrogen-bond acceptors (Lipinski definition) is 4. The van der Waals surface area contributed by atoms with E-state index in [4.69, 9.17) is 4.42 Å². The highest BCUT2D eigenvalue weighted by atomic mass is 32.1. The molecule has 1 radical (unpaired) electrons. The van der Waals surface area contributed by atoms with Gasteiger partial charge >= 0.3 is 0 Å². The Hall–Kier alpha value is -1.68. The third-order valence-corrected chi connectivity index (χ3v) is 2.62. The molecule has 0 fully saturated rings. The fourth-order valence-electron chi connectivity index (χ4n) is 1.11. The lowest BCUT2D eigenvalue weighted by Gasteiger charge is -1.92. The molecule has 2 aromatic rings. The Bertz CT molecular complexity index is 453. The lowest BCUT2D eigenvalue weighted by atomic mass is 10.1. The van der Waals surface area contributed by atoms with Gasteiger partial charge in [0.25, 0.3) is 6.29 Å². The van der Waals surface area contributed by atoms with Gasteiger partial charge in [0.15, 0.2) is 5.76 Å². The van der Waals surface area contributed by atoms with Gasteiger partial charge in [0, 0.05) is 0 Å². The molecule has 2 heterocycles. The van der Waals surface area contributed by atoms with Crippen molar-refractivity contribution < 1.29 is 14.0 Å². The average Bonchev–Trinajstić information content (AvgIpc) is 2.87. The zero-order valence-corrected chi connectivity index (χ0v) is 7.84. The summed E-state index contributed by atoms with van der Waals surface area (Å²) in [5, 5.41) is 1.80. The van der Waals surface area contributed by atoms with E-state index in [9.17, 15) is 9.59 Å². The van der Waals surface area contributed by atoms with Crippen molar-refractivity contribution in [3.05, 3.63) is 46.0 Å². The summed E-state index contributed by atoms with van der Waals surface area (Å²) < 4.78 is 4.79. The first kappa shape index (κ1) is 8.90. The smallest absolute Gasteiger partial charge is 0.272 e. The van der Waals surface area contributed by atoms with Crippen molar-refractivity contribution in [2.24, 2.45) is 0 Å². The van der Waals surface area contributed by atoms with Gasteiger partial charge in [-0.05, 0) is 17.5 Å². The van der Waals surface area contributed by atoms with Gasteiger partial charge in [-0.1, -0.05) is 6.07 Å². The van der Waals surface area contributed by atoms with E-state index < -0.39 is 0 Å². The summed E-state index contributed by atoms with van der Waals surface area (Å²) in [6.07, 6.45) is 2.89. The van der Waals surface area contributed by atoms with Crippen LogP contribution in [-0.2, 0) is 4.79 Å². The molecule has 0 atom stereocenters. The van der Waals surface area contributed by atoms with E-state index in [-0.39, 0.29) is 17.1 Å². The van der Waals surface area contributed by atoms with Crippen molar-refractivity contribution in [2.75, 3.05) is 0 Å². The largest absolute Gasteiger partial charge is 0.460 e. The quantitative estimate of drug-likeness (QED) is 0.720. The summed E-state index contributed by atoms with van der Waals surface area (Å²) in [6.45, 7) is 0. The van der Waals surface area contributed by atoms with E-state index in [1.165, 1.54) is 23.7 Å². The van der Waals surface area contributed by atoms with E-state index in [2.05, 4.69) is 0 Å². The first-order valence-corrected chi connectivity index (χ1v) is 4.74. The normalized spacial score (nSPS) is 10.0. The molecule has 2 aromatic heterocycles. The highest BCUT2D eigenvalue weighted by Crippen LogP contribution is 2.17. The molecular weight excluding hydrogens is 200 g/mol. The summed E-state index contributed by atoms with van der Waals surface area (Å²) in [7, 11) is 0. The van der Waals surface area contributed by atoms with Crippen LogP contribution in [0.3, 0.4) is 0 Å². The molecule has 2 rings (SSSR count). The highest BCUT2D eigenvalue weighted by molar-refractivity contribution is 7.12. The van der Waals surface area contributed by atoms with Gasteiger partial charge < -0.3 is 4.42 Å². The Morgan fingerprint density at radius 1 is 1.43 bits per heavy atom. The van der Waals surface area contributed by atoms with Crippen LogP contribution in [0.1, 0.15) is 21.0 Å². The maximum absolute atomic E-state index is 11.7. The maximum atomic E-state index is 11.7. The van der Waals surface area contributed by atoms with Gasteiger partial charge in [-0.15, -0.1) is 11.3 Å². The third kappa shape index (κ3) is 1.40. The minimum atomic E-state index is -0.202. The number of carbonyl (C=O) groups is 1. The molecule has 0 aliphatic rings. The van der Waals surface area contributed by atoms with Gasteiger partial charge in [-0.2, -0.15) is 0 Å². The Kier molecular flexibility index (Phi) is 2.28. The minimum Gasteiger partial charge on any atom is -0.460 e. The van der Waals surface area contributed by atoms with E-state index >= 15 is 0 Å². The van der Waals surface area contributed by atoms with Gasteiger partial charge in [0.05, 0.1) is 16.7 Å². The Morgan fingerprint density at radius 3 is 2.93 bits per heavy atom. The number of ketones is 1. The lowest BCUT2D eigenvalue weighted by Crippen LogP contribution is -1.99. The molecule has 0 aliphatic heterocycles. The highest BCUT2D eigenvalue weighted by Gasteiger charge is 2.16. The second-order valence-electron chi connectivity index (χ2n) is 2.57. The second kappa shape index (κ2) is 3.59. The van der Waals surface area contributed by atoms with Gasteiger partial charge in [0.2, 0.25) is 5.78 Å². The number of carbonyl (C=O) groups excluding carboxylic acids is 2. The molecule has 4 heteroatoms. The van der Waals surface area contributed by atoms with Crippen LogP contribution in [0.2, 0.25) is 0 Å². The maximum Gasteiger partial charge on any atom is 0.272 e. The molecule has 14 heavy (non-hydrogen) atoms. The minimum absolute atomic E-state index is 0.0385. The van der Waals surface area contributed by atoms with Crippen LogP contribution in [0.5, 0.6) is 0 Å². The van der Waals surface area contributed by atoms with Crippen LogP contribution in [0.25, 0.3) is 0 Å². The topological polar surface area (TPSA) is 47.3 Å². The van der Waals surface area contributed by atoms with Crippen molar-refractivity contribution in [3.8, 4) is 0 Å². The SMILES string of the molecule is O=[C]c1occc1C(=O)c1cccs1.